The molecule has 0 saturated heterocycles. The normalized spacial score (nSPS) is 16.7. The van der Waals surface area contributed by atoms with Crippen molar-refractivity contribution in [3.63, 3.8) is 0 Å². The highest BCUT2D eigenvalue weighted by Gasteiger charge is 2.36. The number of carbonyl (C=O) groups is 2. The number of fused-ring (bicyclic) bond motifs is 1. The average molecular weight is 446 g/mol. The van der Waals surface area contributed by atoms with Crippen LogP contribution in [0.3, 0.4) is 0 Å². The third-order valence-corrected chi connectivity index (χ3v) is 5.47. The van der Waals surface area contributed by atoms with Crippen molar-refractivity contribution < 1.29 is 34.0 Å². The third-order valence-electron chi connectivity index (χ3n) is 5.47. The summed E-state index contributed by atoms with van der Waals surface area (Å²) in [6.07, 6.45) is -2.36. The molecule has 1 heterocycles. The predicted molar refractivity (Wildman–Crippen MR) is 115 cm³/mol. The minimum atomic E-state index is -1.76. The van der Waals surface area contributed by atoms with Gasteiger partial charge in [-0.2, -0.15) is 0 Å². The Morgan fingerprint density at radius 1 is 1.25 bits per heavy atom. The number of aliphatic carboxylic acids is 1. The topological polar surface area (TPSA) is 128 Å². The Kier molecular flexibility index (Phi) is 6.43. The molecule has 2 unspecified atom stereocenters. The van der Waals surface area contributed by atoms with Crippen molar-refractivity contribution in [2.24, 2.45) is 0 Å². The van der Waals surface area contributed by atoms with Gasteiger partial charge in [0, 0.05) is 23.7 Å². The molecule has 0 saturated carbocycles. The van der Waals surface area contributed by atoms with Crippen molar-refractivity contribution in [3.05, 3.63) is 52.3 Å². The van der Waals surface area contributed by atoms with E-state index in [0.29, 0.717) is 6.42 Å². The zero-order chi connectivity index (χ0) is 23.8. The Labute approximate surface area is 185 Å². The second-order valence-corrected chi connectivity index (χ2v) is 8.71. The number of aromatic hydroxyl groups is 1. The lowest BCUT2D eigenvalue weighted by Gasteiger charge is -2.31. The van der Waals surface area contributed by atoms with Gasteiger partial charge in [0.1, 0.15) is 11.6 Å². The minimum Gasteiger partial charge on any atom is -0.508 e. The number of carboxylic acids is 1. The molecule has 0 radical (unpaired) electrons. The van der Waals surface area contributed by atoms with Crippen molar-refractivity contribution in [2.75, 3.05) is 11.9 Å². The molecule has 8 nitrogen and oxygen atoms in total. The second kappa shape index (κ2) is 8.76. The van der Waals surface area contributed by atoms with Gasteiger partial charge >= 0.3 is 5.97 Å². The summed E-state index contributed by atoms with van der Waals surface area (Å²) in [6, 6.07) is 5.45. The fourth-order valence-electron chi connectivity index (χ4n) is 3.85. The summed E-state index contributed by atoms with van der Waals surface area (Å²) in [7, 11) is 0. The molecule has 0 fully saturated rings. The largest absolute Gasteiger partial charge is 0.508 e. The third kappa shape index (κ3) is 5.00. The monoisotopic (exact) mass is 446 g/mol. The molecule has 2 atom stereocenters. The van der Waals surface area contributed by atoms with Crippen LogP contribution in [0, 0.1) is 19.7 Å². The number of nitrogens with one attached hydrogen (secondary N) is 2. The lowest BCUT2D eigenvalue weighted by molar-refractivity contribution is -0.149. The number of carbonyl (C=O) groups excluding carboxylic acids is 1. The van der Waals surface area contributed by atoms with Crippen LogP contribution in [-0.2, 0) is 16.0 Å². The molecule has 0 bridgehead atoms. The van der Waals surface area contributed by atoms with E-state index in [4.69, 9.17) is 4.74 Å². The smallest absolute Gasteiger partial charge is 0.354 e. The molecule has 9 heteroatoms. The van der Waals surface area contributed by atoms with E-state index in [2.05, 4.69) is 10.6 Å². The number of hydrogen-bond donors (Lipinski definition) is 5. The number of aryl methyl sites for hydroxylation is 2. The van der Waals surface area contributed by atoms with E-state index in [1.165, 1.54) is 24.3 Å². The van der Waals surface area contributed by atoms with E-state index in [1.54, 1.807) is 0 Å². The van der Waals surface area contributed by atoms with E-state index >= 15 is 0 Å². The molecule has 3 rings (SSSR count). The molecule has 2 aromatic rings. The first kappa shape index (κ1) is 23.5. The van der Waals surface area contributed by atoms with Crippen molar-refractivity contribution in [3.8, 4) is 11.5 Å². The molecular formula is C23H27FN2O6. The molecule has 32 heavy (non-hydrogen) atoms. The van der Waals surface area contributed by atoms with E-state index in [0.717, 1.165) is 16.7 Å². The van der Waals surface area contributed by atoms with Gasteiger partial charge in [0.15, 0.2) is 5.75 Å². The van der Waals surface area contributed by atoms with Crippen molar-refractivity contribution >= 4 is 17.6 Å². The van der Waals surface area contributed by atoms with E-state index in [1.807, 2.05) is 27.7 Å². The Bertz CT molecular complexity index is 1050. The molecule has 0 spiro atoms. The summed E-state index contributed by atoms with van der Waals surface area (Å²) in [5.41, 5.74) is 2.42. The van der Waals surface area contributed by atoms with Crippen LogP contribution in [0.1, 0.15) is 42.2 Å². The Morgan fingerprint density at radius 3 is 2.47 bits per heavy atom. The molecule has 1 aliphatic heterocycles. The van der Waals surface area contributed by atoms with Crippen LogP contribution >= 0.6 is 0 Å². The number of rotatable bonds is 7. The quantitative estimate of drug-likeness (QED) is 0.414. The SMILES string of the molecule is Cc1cc(F)cc(C)c1CC(C)(C)NCC(O)c1cc(O)cc2c1OC(C(=O)O)C(=O)N2. The number of aliphatic hydroxyl groups is 1. The minimum absolute atomic E-state index is 0.00729. The van der Waals surface area contributed by atoms with Gasteiger partial charge in [-0.3, -0.25) is 4.79 Å². The number of halogens is 1. The van der Waals surface area contributed by atoms with Gasteiger partial charge in [-0.1, -0.05) is 0 Å². The van der Waals surface area contributed by atoms with Crippen molar-refractivity contribution in [1.82, 2.24) is 5.32 Å². The van der Waals surface area contributed by atoms with E-state index in [9.17, 15) is 29.3 Å². The fraction of sp³-hybridized carbons (Fsp3) is 0.391. The first-order valence-corrected chi connectivity index (χ1v) is 10.1. The van der Waals surface area contributed by atoms with Gasteiger partial charge in [0.05, 0.1) is 11.8 Å². The van der Waals surface area contributed by atoms with Gasteiger partial charge in [-0.05, 0) is 69.0 Å². The predicted octanol–water partition coefficient (Wildman–Crippen LogP) is 2.58. The first-order chi connectivity index (χ1) is 14.9. The van der Waals surface area contributed by atoms with Crippen LogP contribution in [0.4, 0.5) is 10.1 Å². The number of carboxylic acid groups (broad SMARTS) is 1. The Balaban J connectivity index is 1.79. The summed E-state index contributed by atoms with van der Waals surface area (Å²) in [5, 5.41) is 35.6. The average Bonchev–Trinajstić information content (AvgIpc) is 2.67. The number of ether oxygens (including phenoxy) is 1. The van der Waals surface area contributed by atoms with Crippen molar-refractivity contribution in [1.29, 1.82) is 0 Å². The maximum Gasteiger partial charge on any atom is 0.354 e. The van der Waals surface area contributed by atoms with E-state index in [-0.39, 0.29) is 35.1 Å². The number of phenols is 1. The highest BCUT2D eigenvalue weighted by Crippen LogP contribution is 2.40. The summed E-state index contributed by atoms with van der Waals surface area (Å²) < 4.78 is 18.9. The first-order valence-electron chi connectivity index (χ1n) is 10.1. The fourth-order valence-corrected chi connectivity index (χ4v) is 3.85. The molecule has 2 aromatic carbocycles. The van der Waals surface area contributed by atoms with Crippen molar-refractivity contribution in [2.45, 2.75) is 51.9 Å². The van der Waals surface area contributed by atoms with E-state index < -0.39 is 29.6 Å². The highest BCUT2D eigenvalue weighted by atomic mass is 19.1. The van der Waals surface area contributed by atoms with Gasteiger partial charge in [-0.15, -0.1) is 0 Å². The van der Waals surface area contributed by atoms with Gasteiger partial charge in [0.25, 0.3) is 12.0 Å². The molecular weight excluding hydrogens is 419 g/mol. The standard InChI is InChI=1S/C23H27FN2O6/c1-11-5-13(24)6-12(2)16(11)9-23(3,4)25-10-18(28)15-7-14(27)8-17-19(15)32-20(22(30)31)21(29)26-17/h5-8,18,20,25,27-28H,9-10H2,1-4H3,(H,26,29)(H,30,31). The molecule has 1 aliphatic rings. The lowest BCUT2D eigenvalue weighted by Crippen LogP contribution is -2.44. The summed E-state index contributed by atoms with van der Waals surface area (Å²) >= 11 is 0. The number of phenolic OH excluding ortho intramolecular Hbond substituents is 1. The van der Waals surface area contributed by atoms with Gasteiger partial charge in [-0.25, -0.2) is 9.18 Å². The molecule has 5 N–H and O–H groups in total. The summed E-state index contributed by atoms with van der Waals surface area (Å²) in [6.45, 7) is 7.63. The molecule has 0 aromatic heterocycles. The number of β-amino-alcohol motifs (C(OH)–C–C–N with tert-alkyl or cyclic N) is 1. The number of anilines is 1. The highest BCUT2D eigenvalue weighted by molar-refractivity contribution is 6.09. The lowest BCUT2D eigenvalue weighted by atomic mass is 9.89. The van der Waals surface area contributed by atoms with Crippen LogP contribution in [-0.4, -0.2) is 45.4 Å². The zero-order valence-electron chi connectivity index (χ0n) is 18.3. The Hall–Kier alpha value is -3.17. The van der Waals surface area contributed by atoms with Crippen LogP contribution in [0.5, 0.6) is 11.5 Å². The van der Waals surface area contributed by atoms with Crippen LogP contribution in [0.15, 0.2) is 24.3 Å². The van der Waals surface area contributed by atoms with Crippen LogP contribution in [0.25, 0.3) is 0 Å². The van der Waals surface area contributed by atoms with Gasteiger partial charge in [0.2, 0.25) is 0 Å². The number of benzene rings is 2. The van der Waals surface area contributed by atoms with Gasteiger partial charge < -0.3 is 30.7 Å². The molecule has 1 amide bonds. The van der Waals surface area contributed by atoms with Crippen LogP contribution < -0.4 is 15.4 Å². The maximum atomic E-state index is 13.6. The molecule has 0 aliphatic carbocycles. The second-order valence-electron chi connectivity index (χ2n) is 8.71. The maximum absolute atomic E-state index is 13.6. The zero-order valence-corrected chi connectivity index (χ0v) is 18.3. The Morgan fingerprint density at radius 2 is 1.88 bits per heavy atom. The number of hydrogen-bond acceptors (Lipinski definition) is 6. The number of aliphatic hydroxyl groups excluding tert-OH is 1. The number of amides is 1. The summed E-state index contributed by atoms with van der Waals surface area (Å²) in [4.78, 5) is 23.2. The summed E-state index contributed by atoms with van der Waals surface area (Å²) in [5.74, 6) is -2.85. The van der Waals surface area contributed by atoms with Crippen LogP contribution in [0.2, 0.25) is 0 Å². The molecule has 172 valence electrons.